The molecule has 1 aliphatic carbocycles. The summed E-state index contributed by atoms with van der Waals surface area (Å²) < 4.78 is 23.4. The number of carbonyl (C=O) groups is 2. The second kappa shape index (κ2) is 6.02. The molecule has 20 heavy (non-hydrogen) atoms. The van der Waals surface area contributed by atoms with Crippen molar-refractivity contribution >= 4 is 21.8 Å². The van der Waals surface area contributed by atoms with E-state index in [1.807, 2.05) is 10.3 Å². The van der Waals surface area contributed by atoms with Crippen molar-refractivity contribution in [2.75, 3.05) is 0 Å². The van der Waals surface area contributed by atoms with E-state index in [0.717, 1.165) is 12.8 Å². The maximum Gasteiger partial charge on any atom is 0.324 e. The van der Waals surface area contributed by atoms with Crippen LogP contribution in [0.1, 0.15) is 18.4 Å². The highest BCUT2D eigenvalue weighted by molar-refractivity contribution is 7.88. The largest absolute Gasteiger partial charge is 0.345 e. The number of rotatable bonds is 5. The van der Waals surface area contributed by atoms with Crippen LogP contribution in [0.3, 0.4) is 0 Å². The Morgan fingerprint density at radius 3 is 2.35 bits per heavy atom. The Morgan fingerprint density at radius 1 is 1.10 bits per heavy atom. The molecule has 0 radical (unpaired) electrons. The molecule has 1 aromatic carbocycles. The first-order valence-corrected chi connectivity index (χ1v) is 7.76. The molecule has 0 heterocycles. The van der Waals surface area contributed by atoms with E-state index in [2.05, 4.69) is 5.32 Å². The Balaban J connectivity index is 1.82. The number of nitrogens with one attached hydrogen (secondary N) is 3. The predicted octanol–water partition coefficient (Wildman–Crippen LogP) is -0.584. The van der Waals surface area contributed by atoms with Crippen molar-refractivity contribution in [1.29, 1.82) is 0 Å². The van der Waals surface area contributed by atoms with E-state index < -0.39 is 21.8 Å². The van der Waals surface area contributed by atoms with Crippen LogP contribution >= 0.6 is 0 Å². The Bertz CT molecular complexity index is 596. The fourth-order valence-corrected chi connectivity index (χ4v) is 2.44. The van der Waals surface area contributed by atoms with E-state index >= 15 is 0 Å². The van der Waals surface area contributed by atoms with E-state index in [4.69, 9.17) is 0 Å². The van der Waals surface area contributed by atoms with Gasteiger partial charge in [-0.2, -0.15) is 0 Å². The molecule has 0 unspecified atom stereocenters. The molecule has 0 atom stereocenters. The zero-order valence-electron chi connectivity index (χ0n) is 10.6. The minimum Gasteiger partial charge on any atom is -0.345 e. The predicted molar refractivity (Wildman–Crippen MR) is 71.5 cm³/mol. The van der Waals surface area contributed by atoms with Gasteiger partial charge in [-0.05, 0) is 18.4 Å². The summed E-state index contributed by atoms with van der Waals surface area (Å²) in [4.78, 5) is 24.6. The van der Waals surface area contributed by atoms with Crippen molar-refractivity contribution in [3.8, 4) is 0 Å². The molecule has 0 bridgehead atoms. The molecule has 108 valence electrons. The van der Waals surface area contributed by atoms with Gasteiger partial charge in [-0.15, -0.1) is 4.83 Å². The summed E-state index contributed by atoms with van der Waals surface area (Å²) in [6.45, 7) is 0. The monoisotopic (exact) mass is 297 g/mol. The normalized spacial score (nSPS) is 14.6. The molecule has 3 N–H and O–H groups in total. The Kier molecular flexibility index (Phi) is 4.35. The molecule has 1 saturated carbocycles. The Hall–Kier alpha value is -1.93. The van der Waals surface area contributed by atoms with Crippen LogP contribution in [0.5, 0.6) is 0 Å². The first-order valence-electron chi connectivity index (χ1n) is 6.10. The minimum atomic E-state index is -3.74. The molecule has 1 fully saturated rings. The fourth-order valence-electron chi connectivity index (χ4n) is 1.49. The zero-order valence-corrected chi connectivity index (χ0v) is 11.4. The van der Waals surface area contributed by atoms with Crippen molar-refractivity contribution in [3.05, 3.63) is 35.9 Å². The van der Waals surface area contributed by atoms with Gasteiger partial charge in [0.2, 0.25) is 10.0 Å². The molecule has 7 nitrogen and oxygen atoms in total. The third-order valence-corrected chi connectivity index (χ3v) is 3.76. The van der Waals surface area contributed by atoms with E-state index in [1.165, 1.54) is 0 Å². The smallest absolute Gasteiger partial charge is 0.324 e. The Morgan fingerprint density at radius 2 is 1.75 bits per heavy atom. The third kappa shape index (κ3) is 4.63. The summed E-state index contributed by atoms with van der Waals surface area (Å²) in [6.07, 6.45) is 1.69. The van der Waals surface area contributed by atoms with Gasteiger partial charge in [-0.25, -0.2) is 8.42 Å². The number of hydrogen-bond donors (Lipinski definition) is 3. The molecule has 2 amide bonds. The summed E-state index contributed by atoms with van der Waals surface area (Å²) in [5, 5.41) is 2.45. The van der Waals surface area contributed by atoms with Gasteiger partial charge in [-0.3, -0.25) is 15.0 Å². The van der Waals surface area contributed by atoms with Crippen molar-refractivity contribution in [3.63, 3.8) is 0 Å². The molecule has 2 rings (SSSR count). The van der Waals surface area contributed by atoms with Crippen LogP contribution < -0.4 is 15.6 Å². The highest BCUT2D eigenvalue weighted by Crippen LogP contribution is 2.18. The lowest BCUT2D eigenvalue weighted by atomic mass is 10.2. The standard InChI is InChI=1S/C12H15N3O4S/c16-11(13-10-6-7-10)12(17)14-15-20(18,19)8-9-4-2-1-3-5-9/h1-5,10,15H,6-8H2,(H,13,16)(H,14,17). The highest BCUT2D eigenvalue weighted by Gasteiger charge is 2.26. The minimum absolute atomic E-state index is 0.0363. The second-order valence-corrected chi connectivity index (χ2v) is 6.27. The lowest BCUT2D eigenvalue weighted by Gasteiger charge is -2.08. The number of benzene rings is 1. The quantitative estimate of drug-likeness (QED) is 0.499. The van der Waals surface area contributed by atoms with E-state index in [0.29, 0.717) is 5.56 Å². The van der Waals surface area contributed by atoms with Crippen LogP contribution in [0.4, 0.5) is 0 Å². The summed E-state index contributed by atoms with van der Waals surface area (Å²) in [7, 11) is -3.74. The number of carbonyl (C=O) groups excluding carboxylic acids is 2. The molecule has 1 aliphatic rings. The van der Waals surface area contributed by atoms with Gasteiger partial charge in [0.05, 0.1) is 5.75 Å². The van der Waals surface area contributed by atoms with Gasteiger partial charge < -0.3 is 5.32 Å². The number of hydrazine groups is 1. The van der Waals surface area contributed by atoms with Crippen LogP contribution in [0, 0.1) is 0 Å². The van der Waals surface area contributed by atoms with Gasteiger partial charge in [0.25, 0.3) is 0 Å². The van der Waals surface area contributed by atoms with Crippen molar-refractivity contribution < 1.29 is 18.0 Å². The van der Waals surface area contributed by atoms with E-state index in [-0.39, 0.29) is 11.8 Å². The van der Waals surface area contributed by atoms with Crippen molar-refractivity contribution in [2.24, 2.45) is 0 Å². The van der Waals surface area contributed by atoms with Crippen LogP contribution in [-0.2, 0) is 25.4 Å². The maximum absolute atomic E-state index is 11.7. The van der Waals surface area contributed by atoms with Gasteiger partial charge in [0.1, 0.15) is 0 Å². The lowest BCUT2D eigenvalue weighted by molar-refractivity contribution is -0.139. The summed E-state index contributed by atoms with van der Waals surface area (Å²) in [5.41, 5.74) is 2.47. The highest BCUT2D eigenvalue weighted by atomic mass is 32.2. The van der Waals surface area contributed by atoms with Gasteiger partial charge in [-0.1, -0.05) is 30.3 Å². The van der Waals surface area contributed by atoms with E-state index in [9.17, 15) is 18.0 Å². The van der Waals surface area contributed by atoms with Crippen LogP contribution in [0.2, 0.25) is 0 Å². The Labute approximate surface area is 116 Å². The molecule has 8 heteroatoms. The van der Waals surface area contributed by atoms with E-state index in [1.54, 1.807) is 30.3 Å². The average Bonchev–Trinajstić information content (AvgIpc) is 3.20. The average molecular weight is 297 g/mol. The molecule has 1 aromatic rings. The zero-order chi connectivity index (χ0) is 14.6. The topological polar surface area (TPSA) is 104 Å². The van der Waals surface area contributed by atoms with Crippen molar-refractivity contribution in [2.45, 2.75) is 24.6 Å². The summed E-state index contributed by atoms with van der Waals surface area (Å²) in [6, 6.07) is 8.54. The third-order valence-electron chi connectivity index (χ3n) is 2.64. The van der Waals surface area contributed by atoms with Crippen LogP contribution in [0.15, 0.2) is 30.3 Å². The molecule has 0 spiro atoms. The second-order valence-electron chi connectivity index (χ2n) is 4.55. The molecule has 0 aromatic heterocycles. The number of sulfonamides is 1. The van der Waals surface area contributed by atoms with Gasteiger partial charge in [0.15, 0.2) is 0 Å². The fraction of sp³-hybridized carbons (Fsp3) is 0.333. The summed E-state index contributed by atoms with van der Waals surface area (Å²) >= 11 is 0. The van der Waals surface area contributed by atoms with Gasteiger partial charge >= 0.3 is 11.8 Å². The molecule has 0 aliphatic heterocycles. The van der Waals surface area contributed by atoms with Crippen LogP contribution in [0.25, 0.3) is 0 Å². The molecule has 0 saturated heterocycles. The maximum atomic E-state index is 11.7. The van der Waals surface area contributed by atoms with Crippen molar-refractivity contribution in [1.82, 2.24) is 15.6 Å². The number of hydrogen-bond acceptors (Lipinski definition) is 4. The molecular weight excluding hydrogens is 282 g/mol. The number of amides is 2. The van der Waals surface area contributed by atoms with Crippen LogP contribution in [-0.4, -0.2) is 26.3 Å². The first kappa shape index (κ1) is 14.5. The lowest BCUT2D eigenvalue weighted by Crippen LogP contribution is -2.49. The summed E-state index contributed by atoms with van der Waals surface area (Å²) in [5.74, 6) is -2.14. The first-order chi connectivity index (χ1) is 9.46. The SMILES string of the molecule is O=C(NNS(=O)(=O)Cc1ccccc1)C(=O)NC1CC1. The molecular formula is C12H15N3O4S. The van der Waals surface area contributed by atoms with Gasteiger partial charge in [0, 0.05) is 6.04 Å².